The summed E-state index contributed by atoms with van der Waals surface area (Å²) in [5.74, 6) is -1.69. The Bertz CT molecular complexity index is 911. The van der Waals surface area contributed by atoms with Gasteiger partial charge >= 0.3 is 0 Å². The number of imide groups is 1. The topological polar surface area (TPSA) is 107 Å². The summed E-state index contributed by atoms with van der Waals surface area (Å²) in [6, 6.07) is 12.7. The molecule has 26 heavy (non-hydrogen) atoms. The van der Waals surface area contributed by atoms with Crippen LogP contribution in [0.3, 0.4) is 0 Å². The number of phenolic OH excluding ortho intramolecular Hbond substituents is 2. The fourth-order valence-corrected chi connectivity index (χ4v) is 3.12. The van der Waals surface area contributed by atoms with Crippen molar-refractivity contribution in [1.82, 2.24) is 4.90 Å². The van der Waals surface area contributed by atoms with Crippen LogP contribution in [0.5, 0.6) is 11.5 Å². The standard InChI is InChI=1S/C18H14N2O5S/c21-13-7-6-11(8-14(13)22)9-15-17(24)20(18(25)26-15)10-16(23)19-12-4-2-1-3-5-12/h1-9,21-22H,10H2,(H,19,23). The maximum Gasteiger partial charge on any atom is 0.294 e. The van der Waals surface area contributed by atoms with Crippen molar-refractivity contribution in [2.75, 3.05) is 11.9 Å². The molecule has 0 aliphatic carbocycles. The van der Waals surface area contributed by atoms with Crippen molar-refractivity contribution in [2.45, 2.75) is 0 Å². The summed E-state index contributed by atoms with van der Waals surface area (Å²) >= 11 is 0.709. The monoisotopic (exact) mass is 370 g/mol. The molecule has 0 spiro atoms. The maximum atomic E-state index is 12.4. The van der Waals surface area contributed by atoms with Crippen LogP contribution in [0.1, 0.15) is 5.56 Å². The van der Waals surface area contributed by atoms with Crippen LogP contribution in [0.15, 0.2) is 53.4 Å². The number of nitrogens with one attached hydrogen (secondary N) is 1. The van der Waals surface area contributed by atoms with E-state index < -0.39 is 23.6 Å². The van der Waals surface area contributed by atoms with E-state index in [0.717, 1.165) is 4.90 Å². The van der Waals surface area contributed by atoms with Gasteiger partial charge in [0.05, 0.1) is 4.91 Å². The number of hydrogen-bond acceptors (Lipinski definition) is 6. The van der Waals surface area contributed by atoms with Gasteiger partial charge in [-0.2, -0.15) is 0 Å². The van der Waals surface area contributed by atoms with Crippen LogP contribution in [-0.2, 0) is 9.59 Å². The SMILES string of the molecule is O=C(CN1C(=O)SC(=Cc2ccc(O)c(O)c2)C1=O)Nc1ccccc1. The smallest absolute Gasteiger partial charge is 0.294 e. The summed E-state index contributed by atoms with van der Waals surface area (Å²) in [7, 11) is 0. The van der Waals surface area contributed by atoms with E-state index in [0.29, 0.717) is 23.0 Å². The van der Waals surface area contributed by atoms with E-state index in [1.54, 1.807) is 30.3 Å². The third kappa shape index (κ3) is 3.86. The van der Waals surface area contributed by atoms with Crippen LogP contribution in [0.4, 0.5) is 10.5 Å². The minimum absolute atomic E-state index is 0.132. The molecule has 132 valence electrons. The molecule has 2 aromatic rings. The van der Waals surface area contributed by atoms with E-state index in [2.05, 4.69) is 5.32 Å². The van der Waals surface area contributed by atoms with Gasteiger partial charge < -0.3 is 15.5 Å². The molecule has 1 aliphatic heterocycles. The number of para-hydroxylation sites is 1. The van der Waals surface area contributed by atoms with E-state index in [-0.39, 0.29) is 16.4 Å². The third-order valence-corrected chi connectivity index (χ3v) is 4.44. The van der Waals surface area contributed by atoms with E-state index in [1.807, 2.05) is 0 Å². The van der Waals surface area contributed by atoms with Gasteiger partial charge in [-0.3, -0.25) is 19.3 Å². The fourth-order valence-electron chi connectivity index (χ4n) is 2.28. The first-order valence-corrected chi connectivity index (χ1v) is 8.38. The second kappa shape index (κ2) is 7.32. The number of aromatic hydroxyl groups is 2. The third-order valence-electron chi connectivity index (χ3n) is 3.53. The number of rotatable bonds is 4. The number of hydrogen-bond donors (Lipinski definition) is 3. The van der Waals surface area contributed by atoms with Crippen molar-refractivity contribution in [2.24, 2.45) is 0 Å². The molecule has 0 radical (unpaired) electrons. The molecule has 2 aromatic carbocycles. The van der Waals surface area contributed by atoms with Gasteiger partial charge in [0.1, 0.15) is 6.54 Å². The summed E-state index contributed by atoms with van der Waals surface area (Å²) in [5, 5.41) is 20.9. The molecular formula is C18H14N2O5S. The molecule has 1 heterocycles. The Labute approximate surface area is 152 Å². The van der Waals surface area contributed by atoms with Crippen LogP contribution >= 0.6 is 11.8 Å². The number of carbonyl (C=O) groups excluding carboxylic acids is 3. The first kappa shape index (κ1) is 17.6. The van der Waals surface area contributed by atoms with Crippen LogP contribution < -0.4 is 5.32 Å². The lowest BCUT2D eigenvalue weighted by Gasteiger charge is -2.12. The molecule has 0 bridgehead atoms. The molecule has 1 fully saturated rings. The van der Waals surface area contributed by atoms with Gasteiger partial charge in [0.2, 0.25) is 5.91 Å². The Hall–Kier alpha value is -3.26. The van der Waals surface area contributed by atoms with Gasteiger partial charge in [-0.15, -0.1) is 0 Å². The van der Waals surface area contributed by atoms with Gasteiger partial charge in [-0.05, 0) is 47.7 Å². The normalized spacial score (nSPS) is 15.5. The molecular weight excluding hydrogens is 356 g/mol. The number of thioether (sulfide) groups is 1. The molecule has 1 saturated heterocycles. The van der Waals surface area contributed by atoms with Gasteiger partial charge in [0.25, 0.3) is 11.1 Å². The van der Waals surface area contributed by atoms with Crippen molar-refractivity contribution in [3.63, 3.8) is 0 Å². The van der Waals surface area contributed by atoms with Crippen molar-refractivity contribution < 1.29 is 24.6 Å². The number of nitrogens with zero attached hydrogens (tertiary/aromatic N) is 1. The lowest BCUT2D eigenvalue weighted by molar-refractivity contribution is -0.127. The Morgan fingerprint density at radius 2 is 1.81 bits per heavy atom. The Balaban J connectivity index is 1.71. The Morgan fingerprint density at radius 1 is 1.08 bits per heavy atom. The molecule has 7 nitrogen and oxygen atoms in total. The predicted octanol–water partition coefficient (Wildman–Crippen LogP) is 2.77. The highest BCUT2D eigenvalue weighted by Crippen LogP contribution is 2.33. The van der Waals surface area contributed by atoms with E-state index in [4.69, 9.17) is 0 Å². The number of amides is 3. The number of phenols is 2. The van der Waals surface area contributed by atoms with Crippen LogP contribution in [0, 0.1) is 0 Å². The highest BCUT2D eigenvalue weighted by atomic mass is 32.2. The molecule has 1 aliphatic rings. The second-order valence-corrected chi connectivity index (χ2v) is 6.42. The van der Waals surface area contributed by atoms with Crippen molar-refractivity contribution >= 4 is 40.6 Å². The van der Waals surface area contributed by atoms with Crippen molar-refractivity contribution in [3.05, 3.63) is 59.0 Å². The molecule has 3 N–H and O–H groups in total. The summed E-state index contributed by atoms with van der Waals surface area (Å²) in [5.41, 5.74) is 1.01. The average molecular weight is 370 g/mol. The number of anilines is 1. The lowest BCUT2D eigenvalue weighted by atomic mass is 10.2. The minimum atomic E-state index is -0.587. The van der Waals surface area contributed by atoms with Gasteiger partial charge in [-0.1, -0.05) is 24.3 Å². The van der Waals surface area contributed by atoms with Crippen molar-refractivity contribution in [1.29, 1.82) is 0 Å². The zero-order valence-corrected chi connectivity index (χ0v) is 14.2. The highest BCUT2D eigenvalue weighted by Gasteiger charge is 2.36. The molecule has 3 rings (SSSR count). The Kier molecular flexibility index (Phi) is 4.94. The predicted molar refractivity (Wildman–Crippen MR) is 97.5 cm³/mol. The Morgan fingerprint density at radius 3 is 2.50 bits per heavy atom. The fraction of sp³-hybridized carbons (Fsp3) is 0.0556. The van der Waals surface area contributed by atoms with E-state index in [1.165, 1.54) is 24.3 Å². The molecule has 0 saturated carbocycles. The highest BCUT2D eigenvalue weighted by molar-refractivity contribution is 8.18. The van der Waals surface area contributed by atoms with Gasteiger partial charge in [-0.25, -0.2) is 0 Å². The van der Waals surface area contributed by atoms with Crippen LogP contribution in [-0.4, -0.2) is 38.7 Å². The lowest BCUT2D eigenvalue weighted by Crippen LogP contribution is -2.36. The minimum Gasteiger partial charge on any atom is -0.504 e. The van der Waals surface area contributed by atoms with Crippen LogP contribution in [0.2, 0.25) is 0 Å². The molecule has 8 heteroatoms. The molecule has 0 atom stereocenters. The molecule has 3 amide bonds. The quantitative estimate of drug-likeness (QED) is 0.564. The second-order valence-electron chi connectivity index (χ2n) is 5.43. The van der Waals surface area contributed by atoms with E-state index >= 15 is 0 Å². The van der Waals surface area contributed by atoms with Gasteiger partial charge in [0.15, 0.2) is 11.5 Å². The largest absolute Gasteiger partial charge is 0.504 e. The first-order valence-electron chi connectivity index (χ1n) is 7.56. The van der Waals surface area contributed by atoms with E-state index in [9.17, 15) is 24.6 Å². The van der Waals surface area contributed by atoms with Gasteiger partial charge in [0, 0.05) is 5.69 Å². The summed E-state index contributed by atoms with van der Waals surface area (Å²) in [6.45, 7) is -0.391. The van der Waals surface area contributed by atoms with Crippen molar-refractivity contribution in [3.8, 4) is 11.5 Å². The molecule has 0 aromatic heterocycles. The zero-order chi connectivity index (χ0) is 18.7. The average Bonchev–Trinajstić information content (AvgIpc) is 2.86. The van der Waals surface area contributed by atoms with Crippen LogP contribution in [0.25, 0.3) is 6.08 Å². The summed E-state index contributed by atoms with van der Waals surface area (Å²) in [6.07, 6.45) is 1.42. The molecule has 0 unspecified atom stereocenters. The number of benzene rings is 2. The zero-order valence-electron chi connectivity index (χ0n) is 13.4. The first-order chi connectivity index (χ1) is 12.4. The number of carbonyl (C=O) groups is 3. The summed E-state index contributed by atoms with van der Waals surface area (Å²) in [4.78, 5) is 37.5. The summed E-state index contributed by atoms with van der Waals surface area (Å²) < 4.78 is 0. The maximum absolute atomic E-state index is 12.4.